The first-order valence-electron chi connectivity index (χ1n) is 9.61. The molecule has 1 saturated carbocycles. The number of hydrogen-bond donors (Lipinski definition) is 3. The third-order valence-electron chi connectivity index (χ3n) is 5.03. The van der Waals surface area contributed by atoms with E-state index in [9.17, 15) is 13.2 Å². The summed E-state index contributed by atoms with van der Waals surface area (Å²) in [6, 6.07) is 7.23. The third-order valence-corrected chi connectivity index (χ3v) is 6.22. The fourth-order valence-corrected chi connectivity index (χ4v) is 3.68. The number of rotatable bonds is 6. The Kier molecular flexibility index (Phi) is 4.89. The number of anilines is 4. The van der Waals surface area contributed by atoms with Gasteiger partial charge in [0, 0.05) is 19.0 Å². The van der Waals surface area contributed by atoms with E-state index in [1.54, 1.807) is 12.1 Å². The zero-order valence-electron chi connectivity index (χ0n) is 17.3. The second-order valence-electron chi connectivity index (χ2n) is 7.71. The van der Waals surface area contributed by atoms with E-state index in [1.165, 1.54) is 11.4 Å². The summed E-state index contributed by atoms with van der Waals surface area (Å²) < 4.78 is 25.5. The number of nitrogens with zero attached hydrogens (tertiary/aromatic N) is 3. The maximum atomic E-state index is 12.2. The minimum atomic E-state index is -3.45. The molecule has 0 unspecified atom stereocenters. The Hall–Kier alpha value is -3.14. The van der Waals surface area contributed by atoms with Gasteiger partial charge in [-0.25, -0.2) is 18.4 Å². The number of sulfonamides is 1. The summed E-state index contributed by atoms with van der Waals surface area (Å²) in [5, 5.41) is 6.15. The fourth-order valence-electron chi connectivity index (χ4n) is 3.17. The monoisotopic (exact) mass is 428 g/mol. The average molecular weight is 429 g/mol. The topological polar surface area (TPSA) is 120 Å². The van der Waals surface area contributed by atoms with Gasteiger partial charge in [0.05, 0.1) is 23.3 Å². The van der Waals surface area contributed by atoms with Gasteiger partial charge in [0.15, 0.2) is 5.65 Å². The Morgan fingerprint density at radius 1 is 1.17 bits per heavy atom. The molecule has 1 fully saturated rings. The zero-order chi connectivity index (χ0) is 21.6. The molecule has 0 atom stereocenters. The average Bonchev–Trinajstić information content (AvgIpc) is 3.44. The number of benzene rings is 1. The predicted molar refractivity (Wildman–Crippen MR) is 118 cm³/mol. The van der Waals surface area contributed by atoms with Crippen molar-refractivity contribution >= 4 is 50.0 Å². The first-order valence-corrected chi connectivity index (χ1v) is 11.5. The highest BCUT2D eigenvalue weighted by atomic mass is 32.2. The van der Waals surface area contributed by atoms with Crippen LogP contribution in [0.4, 0.5) is 22.9 Å². The van der Waals surface area contributed by atoms with Crippen LogP contribution in [-0.2, 0) is 14.8 Å². The van der Waals surface area contributed by atoms with Crippen LogP contribution in [0.15, 0.2) is 24.3 Å². The minimum Gasteiger partial charge on any atom is -0.352 e. The van der Waals surface area contributed by atoms with Crippen molar-refractivity contribution in [3.8, 4) is 0 Å². The van der Waals surface area contributed by atoms with E-state index in [0.717, 1.165) is 24.7 Å². The van der Waals surface area contributed by atoms with Gasteiger partial charge in [-0.05, 0) is 44.4 Å². The van der Waals surface area contributed by atoms with Crippen molar-refractivity contribution in [1.29, 1.82) is 0 Å². The number of carbonyl (C=O) groups excluding carboxylic acids is 1. The summed E-state index contributed by atoms with van der Waals surface area (Å²) in [5.74, 6) is 1.10. The molecule has 0 bridgehead atoms. The van der Waals surface area contributed by atoms with Gasteiger partial charge < -0.3 is 15.6 Å². The summed E-state index contributed by atoms with van der Waals surface area (Å²) in [4.78, 5) is 24.3. The SMILES string of the molecule is Cc1ccc(Nc2cc(NC(=O)C3CC3)nc3[nH]c(C)nc23)c(N(C)S(C)(=O)=O)c1. The van der Waals surface area contributed by atoms with Crippen LogP contribution in [0, 0.1) is 19.8 Å². The standard InChI is InChI=1S/C20H24N6O3S/c1-11-5-8-14(16(9-11)26(3)30(4,28)29)23-15-10-17(25-20(27)13-6-7-13)24-19-18(15)21-12(2)22-19/h5,8-10,13H,6-7H2,1-4H3,(H3,21,22,23,24,25,27). The molecule has 2 heterocycles. The molecule has 2 aromatic heterocycles. The van der Waals surface area contributed by atoms with Gasteiger partial charge in [-0.3, -0.25) is 9.10 Å². The summed E-state index contributed by atoms with van der Waals surface area (Å²) in [7, 11) is -1.94. The molecule has 3 aromatic rings. The normalized spacial score (nSPS) is 14.0. The maximum Gasteiger partial charge on any atom is 0.232 e. The van der Waals surface area contributed by atoms with E-state index in [2.05, 4.69) is 25.6 Å². The molecule has 1 aliphatic rings. The van der Waals surface area contributed by atoms with Crippen LogP contribution in [0.1, 0.15) is 24.2 Å². The van der Waals surface area contributed by atoms with E-state index in [4.69, 9.17) is 0 Å². The Morgan fingerprint density at radius 3 is 2.57 bits per heavy atom. The molecule has 0 aliphatic heterocycles. The molecule has 1 aliphatic carbocycles. The number of amides is 1. The van der Waals surface area contributed by atoms with Gasteiger partial charge in [-0.15, -0.1) is 0 Å². The number of aromatic amines is 1. The van der Waals surface area contributed by atoms with Crippen molar-refractivity contribution in [3.63, 3.8) is 0 Å². The molecule has 4 rings (SSSR count). The lowest BCUT2D eigenvalue weighted by molar-refractivity contribution is -0.117. The van der Waals surface area contributed by atoms with Crippen molar-refractivity contribution in [1.82, 2.24) is 15.0 Å². The van der Waals surface area contributed by atoms with E-state index < -0.39 is 10.0 Å². The number of imidazole rings is 1. The van der Waals surface area contributed by atoms with Gasteiger partial charge in [0.25, 0.3) is 0 Å². The van der Waals surface area contributed by atoms with E-state index in [0.29, 0.717) is 39.9 Å². The predicted octanol–water partition coefficient (Wildman–Crippen LogP) is 3.06. The molecule has 0 spiro atoms. The van der Waals surface area contributed by atoms with E-state index in [-0.39, 0.29) is 11.8 Å². The van der Waals surface area contributed by atoms with Crippen LogP contribution in [0.3, 0.4) is 0 Å². The molecule has 0 radical (unpaired) electrons. The van der Waals surface area contributed by atoms with Crippen molar-refractivity contribution < 1.29 is 13.2 Å². The van der Waals surface area contributed by atoms with Crippen molar-refractivity contribution in [2.75, 3.05) is 28.2 Å². The quantitative estimate of drug-likeness (QED) is 0.555. The number of nitrogens with one attached hydrogen (secondary N) is 3. The highest BCUT2D eigenvalue weighted by molar-refractivity contribution is 7.92. The lowest BCUT2D eigenvalue weighted by Crippen LogP contribution is -2.25. The lowest BCUT2D eigenvalue weighted by atomic mass is 10.2. The van der Waals surface area contributed by atoms with E-state index >= 15 is 0 Å². The smallest absolute Gasteiger partial charge is 0.232 e. The van der Waals surface area contributed by atoms with Crippen LogP contribution in [0.5, 0.6) is 0 Å². The second kappa shape index (κ2) is 7.28. The number of fused-ring (bicyclic) bond motifs is 1. The van der Waals surface area contributed by atoms with Crippen LogP contribution in [-0.4, -0.2) is 42.6 Å². The van der Waals surface area contributed by atoms with Gasteiger partial charge >= 0.3 is 0 Å². The summed E-state index contributed by atoms with van der Waals surface area (Å²) in [5.41, 5.74) is 3.79. The molecule has 0 saturated heterocycles. The van der Waals surface area contributed by atoms with Crippen LogP contribution in [0.2, 0.25) is 0 Å². The number of hydrogen-bond acceptors (Lipinski definition) is 6. The van der Waals surface area contributed by atoms with Gasteiger partial charge in [0.1, 0.15) is 17.2 Å². The molecule has 1 aromatic carbocycles. The number of H-pyrrole nitrogens is 1. The first kappa shape index (κ1) is 20.1. The fraction of sp³-hybridized carbons (Fsp3) is 0.350. The van der Waals surface area contributed by atoms with Gasteiger partial charge in [-0.2, -0.15) is 0 Å². The van der Waals surface area contributed by atoms with Crippen LogP contribution >= 0.6 is 0 Å². The number of carbonyl (C=O) groups is 1. The highest BCUT2D eigenvalue weighted by Gasteiger charge is 2.30. The Balaban J connectivity index is 1.77. The number of pyridine rings is 1. The molecular weight excluding hydrogens is 404 g/mol. The molecule has 9 nitrogen and oxygen atoms in total. The maximum absolute atomic E-state index is 12.2. The Labute approximate surface area is 175 Å². The van der Waals surface area contributed by atoms with Crippen LogP contribution in [0.25, 0.3) is 11.2 Å². The summed E-state index contributed by atoms with van der Waals surface area (Å²) in [6.45, 7) is 3.72. The largest absolute Gasteiger partial charge is 0.352 e. The Bertz CT molecular complexity index is 1250. The molecule has 10 heteroatoms. The van der Waals surface area contributed by atoms with E-state index in [1.807, 2.05) is 26.0 Å². The highest BCUT2D eigenvalue weighted by Crippen LogP contribution is 2.34. The molecule has 1 amide bonds. The first-order chi connectivity index (χ1) is 14.1. The second-order valence-corrected chi connectivity index (χ2v) is 9.73. The summed E-state index contributed by atoms with van der Waals surface area (Å²) >= 11 is 0. The van der Waals surface area contributed by atoms with Crippen molar-refractivity contribution in [2.45, 2.75) is 26.7 Å². The molecule has 30 heavy (non-hydrogen) atoms. The molecular formula is C20H24N6O3S. The van der Waals surface area contributed by atoms with Crippen molar-refractivity contribution in [3.05, 3.63) is 35.7 Å². The number of aromatic nitrogens is 3. The minimum absolute atomic E-state index is 0.0446. The summed E-state index contributed by atoms with van der Waals surface area (Å²) in [6.07, 6.45) is 2.95. The zero-order valence-corrected chi connectivity index (χ0v) is 18.1. The van der Waals surface area contributed by atoms with Gasteiger partial charge in [0.2, 0.25) is 15.9 Å². The third kappa shape index (κ3) is 4.09. The Morgan fingerprint density at radius 2 is 1.90 bits per heavy atom. The van der Waals surface area contributed by atoms with Crippen LogP contribution < -0.4 is 14.9 Å². The van der Waals surface area contributed by atoms with Crippen molar-refractivity contribution in [2.24, 2.45) is 5.92 Å². The lowest BCUT2D eigenvalue weighted by Gasteiger charge is -2.22. The molecule has 3 N–H and O–H groups in total. The molecule has 158 valence electrons. The number of aryl methyl sites for hydroxylation is 2. The van der Waals surface area contributed by atoms with Gasteiger partial charge in [-0.1, -0.05) is 6.07 Å².